The number of rotatable bonds is 8. The van der Waals surface area contributed by atoms with Gasteiger partial charge in [0.1, 0.15) is 6.54 Å². The lowest BCUT2D eigenvalue weighted by molar-refractivity contribution is -0.133. The van der Waals surface area contributed by atoms with Gasteiger partial charge in [0.15, 0.2) is 5.65 Å². The van der Waals surface area contributed by atoms with Crippen LogP contribution in [0.15, 0.2) is 55.0 Å². The van der Waals surface area contributed by atoms with Crippen molar-refractivity contribution in [1.82, 2.24) is 34.2 Å². The van der Waals surface area contributed by atoms with E-state index in [0.717, 1.165) is 74.7 Å². The van der Waals surface area contributed by atoms with Crippen molar-refractivity contribution in [1.29, 1.82) is 5.26 Å². The predicted octanol–water partition coefficient (Wildman–Crippen LogP) is 2.75. The van der Waals surface area contributed by atoms with Crippen molar-refractivity contribution in [2.75, 3.05) is 56.5 Å². The molecular weight excluding hydrogens is 544 g/mol. The average molecular weight is 581 g/mol. The fourth-order valence-electron chi connectivity index (χ4n) is 6.71. The lowest BCUT2D eigenvalue weighted by Gasteiger charge is -2.39. The fourth-order valence-corrected chi connectivity index (χ4v) is 6.71. The summed E-state index contributed by atoms with van der Waals surface area (Å²) in [5, 5.41) is 21.7. The van der Waals surface area contributed by atoms with Crippen molar-refractivity contribution >= 4 is 28.9 Å². The molecule has 2 bridgehead atoms. The molecule has 2 aliphatic heterocycles. The van der Waals surface area contributed by atoms with E-state index in [2.05, 4.69) is 44.5 Å². The summed E-state index contributed by atoms with van der Waals surface area (Å²) in [6.07, 6.45) is 7.88. The maximum atomic E-state index is 12.7. The smallest absolute Gasteiger partial charge is 0.247 e. The predicted molar refractivity (Wildman–Crippen MR) is 161 cm³/mol. The van der Waals surface area contributed by atoms with E-state index in [1.807, 2.05) is 52.1 Å². The molecule has 1 aliphatic carbocycles. The van der Waals surface area contributed by atoms with Gasteiger partial charge in [-0.15, -0.1) is 5.10 Å². The molecule has 1 aromatic carbocycles. The Balaban J connectivity index is 1.00. The van der Waals surface area contributed by atoms with E-state index < -0.39 is 0 Å². The third-order valence-corrected chi connectivity index (χ3v) is 9.04. The normalized spacial score (nSPS) is 22.2. The number of likely N-dealkylation sites (N-methyl/N-ethyl adjacent to an activating group) is 1. The third kappa shape index (κ3) is 5.66. The number of hydrogen-bond donors (Lipinski definition) is 1. The number of piperidine rings is 1. The number of ether oxygens (including phenoxy) is 1. The molecule has 3 fully saturated rings. The van der Waals surface area contributed by atoms with Crippen LogP contribution in [-0.4, -0.2) is 92.5 Å². The number of carbonyl (C=O) groups excluding carboxylic acids is 1. The quantitative estimate of drug-likeness (QED) is 0.335. The van der Waals surface area contributed by atoms with E-state index in [9.17, 15) is 10.1 Å². The van der Waals surface area contributed by atoms with Crippen LogP contribution in [0.4, 0.5) is 17.3 Å². The van der Waals surface area contributed by atoms with Gasteiger partial charge in [0.05, 0.1) is 41.9 Å². The minimum Gasteiger partial charge on any atom is -0.373 e. The molecule has 1 N–H and O–H groups in total. The molecule has 0 radical (unpaired) electrons. The number of piperazine rings is 1. The number of hydrogen-bond acceptors (Lipinski definition) is 9. The maximum absolute atomic E-state index is 12.7. The van der Waals surface area contributed by atoms with Crippen LogP contribution in [0, 0.1) is 23.2 Å². The number of benzene rings is 1. The van der Waals surface area contributed by atoms with E-state index in [1.54, 1.807) is 10.9 Å². The molecule has 1 amide bonds. The van der Waals surface area contributed by atoms with Crippen LogP contribution in [-0.2, 0) is 22.7 Å². The molecule has 1 saturated carbocycles. The largest absolute Gasteiger partial charge is 0.373 e. The Morgan fingerprint density at radius 2 is 1.88 bits per heavy atom. The van der Waals surface area contributed by atoms with Crippen molar-refractivity contribution in [2.24, 2.45) is 11.8 Å². The molecule has 1 unspecified atom stereocenters. The molecule has 2 saturated heterocycles. The number of carbonyl (C=O) groups is 1. The highest BCUT2D eigenvalue weighted by Crippen LogP contribution is 2.41. The number of nitriles is 1. The van der Waals surface area contributed by atoms with E-state index in [0.29, 0.717) is 30.0 Å². The van der Waals surface area contributed by atoms with Crippen LogP contribution in [0.1, 0.15) is 24.0 Å². The van der Waals surface area contributed by atoms with Crippen molar-refractivity contribution in [2.45, 2.75) is 32.1 Å². The van der Waals surface area contributed by atoms with E-state index in [4.69, 9.17) is 9.72 Å². The molecule has 5 heterocycles. The summed E-state index contributed by atoms with van der Waals surface area (Å²) in [5.74, 6) is 1.41. The monoisotopic (exact) mass is 580 g/mol. The highest BCUT2D eigenvalue weighted by atomic mass is 16.5. The summed E-state index contributed by atoms with van der Waals surface area (Å²) in [5.41, 5.74) is 4.22. The molecule has 0 spiro atoms. The van der Waals surface area contributed by atoms with Gasteiger partial charge < -0.3 is 24.8 Å². The summed E-state index contributed by atoms with van der Waals surface area (Å²) < 4.78 is 9.92. The van der Waals surface area contributed by atoms with Gasteiger partial charge in [-0.3, -0.25) is 9.48 Å². The number of fused-ring (bicyclic) bond motifs is 3. The second-order valence-electron chi connectivity index (χ2n) is 11.9. The second-order valence-corrected chi connectivity index (χ2v) is 11.9. The highest BCUT2D eigenvalue weighted by molar-refractivity contribution is 5.76. The first-order chi connectivity index (χ1) is 21.0. The summed E-state index contributed by atoms with van der Waals surface area (Å²) in [6, 6.07) is 14.1. The molecule has 7 rings (SSSR count). The zero-order chi connectivity index (χ0) is 29.3. The summed E-state index contributed by atoms with van der Waals surface area (Å²) in [7, 11) is 2.08. The summed E-state index contributed by atoms with van der Waals surface area (Å²) in [4.78, 5) is 24.1. The Morgan fingerprint density at radius 3 is 2.67 bits per heavy atom. The van der Waals surface area contributed by atoms with Crippen LogP contribution < -0.4 is 10.2 Å². The van der Waals surface area contributed by atoms with Gasteiger partial charge in [0, 0.05) is 63.5 Å². The minimum atomic E-state index is 0.0772. The Hall–Kier alpha value is -4.47. The van der Waals surface area contributed by atoms with Gasteiger partial charge in [0.25, 0.3) is 0 Å². The summed E-state index contributed by atoms with van der Waals surface area (Å²) in [6.45, 7) is 5.75. The van der Waals surface area contributed by atoms with E-state index in [1.165, 1.54) is 0 Å². The van der Waals surface area contributed by atoms with Gasteiger partial charge in [-0.1, -0.05) is 18.2 Å². The zero-order valence-electron chi connectivity index (χ0n) is 24.3. The second kappa shape index (κ2) is 11.7. The number of nitrogens with zero attached hydrogens (tertiary/aromatic N) is 9. The number of amides is 1. The first kappa shape index (κ1) is 27.4. The maximum Gasteiger partial charge on any atom is 0.247 e. The number of anilines is 3. The average Bonchev–Trinajstić information content (AvgIpc) is 3.71. The SMILES string of the molecule is CN1CCN(C(=O)Cn2cc(Nc3nc4c(N5C[C@H]6CC[C@@H](C5)C6OCc5ccccc5C#N)cccn4n3)cn2)CC1. The Bertz CT molecular complexity index is 1640. The fraction of sp³-hybridized carbons (Fsp3) is 0.452. The van der Waals surface area contributed by atoms with Crippen LogP contribution in [0.2, 0.25) is 0 Å². The molecule has 222 valence electrons. The van der Waals surface area contributed by atoms with Crippen molar-refractivity contribution in [3.8, 4) is 6.07 Å². The van der Waals surface area contributed by atoms with Crippen LogP contribution in [0.25, 0.3) is 5.65 Å². The lowest BCUT2D eigenvalue weighted by atomic mass is 9.94. The molecule has 3 aliphatic rings. The molecule has 43 heavy (non-hydrogen) atoms. The molecule has 3 aromatic heterocycles. The van der Waals surface area contributed by atoms with Gasteiger partial charge in [-0.05, 0) is 43.7 Å². The van der Waals surface area contributed by atoms with Gasteiger partial charge in [0.2, 0.25) is 11.9 Å². The topological polar surface area (TPSA) is 120 Å². The number of pyridine rings is 1. The number of aromatic nitrogens is 5. The number of nitrogens with one attached hydrogen (secondary N) is 1. The lowest BCUT2D eigenvalue weighted by Crippen LogP contribution is -2.48. The molecular formula is C31H36N10O2. The van der Waals surface area contributed by atoms with Crippen LogP contribution in [0.3, 0.4) is 0 Å². The van der Waals surface area contributed by atoms with Crippen molar-refractivity contribution < 1.29 is 9.53 Å². The molecule has 3 atom stereocenters. The van der Waals surface area contributed by atoms with Crippen LogP contribution in [0.5, 0.6) is 0 Å². The first-order valence-electron chi connectivity index (χ1n) is 15.0. The Morgan fingerprint density at radius 1 is 1.09 bits per heavy atom. The van der Waals surface area contributed by atoms with Crippen molar-refractivity contribution in [3.05, 3.63) is 66.1 Å². The standard InChI is InChI=1S/C31H36N10O2/c1-37-11-13-38(14-12-37)28(42)20-40-19-26(16-33-40)34-31-35-30-27(7-4-10-41(30)36-31)39-17-23-8-9-24(18-39)29(23)43-21-25-6-3-2-5-22(25)15-32/h2-7,10,16,19,23-24,29H,8-9,11-14,17-18,20-21H2,1H3,(H,34,36)/t23-,24+,29?. The minimum absolute atomic E-state index is 0.0772. The van der Waals surface area contributed by atoms with Crippen LogP contribution >= 0.6 is 0 Å². The van der Waals surface area contributed by atoms with Crippen molar-refractivity contribution in [3.63, 3.8) is 0 Å². The third-order valence-electron chi connectivity index (χ3n) is 9.04. The van der Waals surface area contributed by atoms with Gasteiger partial charge in [-0.25, -0.2) is 4.52 Å². The van der Waals surface area contributed by atoms with E-state index >= 15 is 0 Å². The Kier molecular flexibility index (Phi) is 7.42. The molecule has 4 aromatic rings. The zero-order valence-corrected chi connectivity index (χ0v) is 24.3. The molecule has 12 nitrogen and oxygen atoms in total. The highest BCUT2D eigenvalue weighted by Gasteiger charge is 2.43. The molecule has 12 heteroatoms. The summed E-state index contributed by atoms with van der Waals surface area (Å²) >= 11 is 0. The Labute approximate surface area is 250 Å². The van der Waals surface area contributed by atoms with E-state index in [-0.39, 0.29) is 18.6 Å². The van der Waals surface area contributed by atoms with Gasteiger partial charge >= 0.3 is 0 Å². The first-order valence-corrected chi connectivity index (χ1v) is 15.0. The van der Waals surface area contributed by atoms with Gasteiger partial charge in [-0.2, -0.15) is 15.3 Å².